The molecule has 0 aromatic heterocycles. The molecule has 1 heterocycles. The van der Waals surface area contributed by atoms with Crippen LogP contribution in [0, 0.1) is 23.2 Å². The van der Waals surface area contributed by atoms with Crippen molar-refractivity contribution in [3.63, 3.8) is 0 Å². The molecule has 2 aromatic carbocycles. The zero-order valence-electron chi connectivity index (χ0n) is 26.8. The Kier molecular flexibility index (Phi) is 8.71. The second-order valence-corrected chi connectivity index (χ2v) is 14.7. The van der Waals surface area contributed by atoms with E-state index in [9.17, 15) is 24.3 Å². The topological polar surface area (TPSA) is 140 Å². The van der Waals surface area contributed by atoms with Crippen LogP contribution in [0.3, 0.4) is 0 Å². The average molecular weight is 632 g/mol. The first-order valence-electron chi connectivity index (χ1n) is 16.4. The van der Waals surface area contributed by atoms with Gasteiger partial charge in [0.15, 0.2) is 6.04 Å². The lowest BCUT2D eigenvalue weighted by Crippen LogP contribution is -2.59. The number of amides is 5. The number of carbonyl (C=O) groups excluding carboxylic acids is 4. The minimum Gasteiger partial charge on any atom is -0.444 e. The fourth-order valence-electron chi connectivity index (χ4n) is 8.53. The van der Waals surface area contributed by atoms with Crippen LogP contribution < -0.4 is 25.8 Å². The zero-order valence-corrected chi connectivity index (χ0v) is 26.8. The summed E-state index contributed by atoms with van der Waals surface area (Å²) in [5.74, 6) is 0.835. The molecular formula is C35H45N5O6. The van der Waals surface area contributed by atoms with Gasteiger partial charge in [0, 0.05) is 18.8 Å². The number of aliphatic hydroxyl groups is 1. The first kappa shape index (κ1) is 31.8. The zero-order chi connectivity index (χ0) is 32.6. The van der Waals surface area contributed by atoms with Crippen molar-refractivity contribution in [1.29, 1.82) is 0 Å². The fourth-order valence-corrected chi connectivity index (χ4v) is 8.53. The molecule has 2 atom stereocenters. The smallest absolute Gasteiger partial charge is 0.408 e. The minimum absolute atomic E-state index is 0.0432. The number of rotatable bonds is 8. The number of alkyl carbamates (subject to hydrolysis) is 1. The molecule has 2 aromatic rings. The van der Waals surface area contributed by atoms with Gasteiger partial charge in [-0.1, -0.05) is 30.3 Å². The Balaban J connectivity index is 1.33. The molecule has 11 nitrogen and oxygen atoms in total. The molecule has 246 valence electrons. The maximum Gasteiger partial charge on any atom is 0.408 e. The quantitative estimate of drug-likeness (QED) is 0.313. The number of hydrogen-bond acceptors (Lipinski definition) is 6. The maximum atomic E-state index is 14.6. The van der Waals surface area contributed by atoms with Gasteiger partial charge in [0.2, 0.25) is 0 Å². The Bertz CT molecular complexity index is 1440. The molecule has 1 unspecified atom stereocenters. The number of anilines is 3. The van der Waals surface area contributed by atoms with E-state index in [1.54, 1.807) is 62.1 Å². The predicted molar refractivity (Wildman–Crippen MR) is 174 cm³/mol. The highest BCUT2D eigenvalue weighted by Gasteiger charge is 2.53. The van der Waals surface area contributed by atoms with Gasteiger partial charge in [0.05, 0.1) is 24.0 Å². The molecule has 11 heteroatoms. The van der Waals surface area contributed by atoms with Crippen molar-refractivity contribution in [1.82, 2.24) is 10.6 Å². The number of nitrogens with one attached hydrogen (secondary N) is 3. The van der Waals surface area contributed by atoms with Gasteiger partial charge < -0.3 is 35.6 Å². The largest absolute Gasteiger partial charge is 0.444 e. The number of aliphatic hydroxyl groups excluding tert-OH is 1. The summed E-state index contributed by atoms with van der Waals surface area (Å²) in [6.07, 6.45) is 6.21. The number of fused-ring (bicyclic) bond motifs is 1. The Hall–Kier alpha value is -4.12. The molecule has 0 saturated heterocycles. The van der Waals surface area contributed by atoms with E-state index in [0.717, 1.165) is 19.3 Å². The minimum atomic E-state index is -1.54. The second kappa shape index (κ2) is 12.6. The molecule has 4 N–H and O–H groups in total. The van der Waals surface area contributed by atoms with Gasteiger partial charge in [-0.3, -0.25) is 9.59 Å². The number of hydrogen-bond donors (Lipinski definition) is 4. The van der Waals surface area contributed by atoms with E-state index < -0.39 is 48.2 Å². The second-order valence-electron chi connectivity index (χ2n) is 14.7. The van der Waals surface area contributed by atoms with Crippen LogP contribution in [0.2, 0.25) is 0 Å². The Labute approximate surface area is 270 Å². The summed E-state index contributed by atoms with van der Waals surface area (Å²) in [7, 11) is 0. The highest BCUT2D eigenvalue weighted by atomic mass is 16.6. The lowest BCUT2D eigenvalue weighted by molar-refractivity contribution is -0.129. The highest BCUT2D eigenvalue weighted by Crippen LogP contribution is 2.60. The van der Waals surface area contributed by atoms with E-state index in [2.05, 4.69) is 16.0 Å². The van der Waals surface area contributed by atoms with Crippen molar-refractivity contribution in [3.05, 3.63) is 54.6 Å². The summed E-state index contributed by atoms with van der Waals surface area (Å²) in [4.78, 5) is 57.9. The number of benzene rings is 2. The van der Waals surface area contributed by atoms with Gasteiger partial charge in [-0.25, -0.2) is 9.59 Å². The van der Waals surface area contributed by atoms with Gasteiger partial charge in [-0.2, -0.15) is 0 Å². The van der Waals surface area contributed by atoms with E-state index >= 15 is 0 Å². The number of nitrogens with zero attached hydrogens (tertiary/aromatic N) is 2. The highest BCUT2D eigenvalue weighted by molar-refractivity contribution is 6.21. The van der Waals surface area contributed by atoms with Crippen molar-refractivity contribution >= 4 is 41.0 Å². The number of ether oxygens (including phenoxy) is 1. The fraction of sp³-hybridized carbons (Fsp3) is 0.543. The third-order valence-electron chi connectivity index (χ3n) is 9.80. The number of carbonyl (C=O) groups is 4. The van der Waals surface area contributed by atoms with Crippen molar-refractivity contribution < 1.29 is 29.0 Å². The summed E-state index contributed by atoms with van der Waals surface area (Å²) in [6, 6.07) is 12.9. The molecular weight excluding hydrogens is 586 g/mol. The van der Waals surface area contributed by atoms with Gasteiger partial charge in [0.25, 0.3) is 11.8 Å². The summed E-state index contributed by atoms with van der Waals surface area (Å²) in [6.45, 7) is 5.03. The van der Waals surface area contributed by atoms with Crippen LogP contribution in [0.4, 0.5) is 26.7 Å². The third-order valence-corrected chi connectivity index (χ3v) is 9.80. The third kappa shape index (κ3) is 6.84. The van der Waals surface area contributed by atoms with Crippen LogP contribution in [0.1, 0.15) is 59.3 Å². The molecule has 1 aliphatic heterocycles. The summed E-state index contributed by atoms with van der Waals surface area (Å²) < 4.78 is 5.39. The van der Waals surface area contributed by atoms with Crippen LogP contribution in [0.15, 0.2) is 54.6 Å². The Morgan fingerprint density at radius 2 is 1.43 bits per heavy atom. The molecule has 4 aliphatic carbocycles. The summed E-state index contributed by atoms with van der Waals surface area (Å²) in [5, 5.41) is 18.3. The normalized spacial score (nSPS) is 27.5. The van der Waals surface area contributed by atoms with Gasteiger partial charge in [-0.05, 0) is 107 Å². The monoisotopic (exact) mass is 631 g/mol. The standard InChI is InChI=1S/C35H45N5O6/c1-34(2,3)46-33(45)37-26(20-41)19-39-27-11-7-8-12-28(27)40(21-35-16-22-13-23(17-35)15-24(14-22)18-35)31(43)29(30(39)42)38-32(44)36-25-9-5-4-6-10-25/h4-12,22-24,26,29,41H,13-21H2,1-3H3,(H,37,45)(H2,36,38,44)/t22?,23?,24?,26-,29?,35?/m0/s1. The summed E-state index contributed by atoms with van der Waals surface area (Å²) >= 11 is 0. The van der Waals surface area contributed by atoms with Gasteiger partial charge in [-0.15, -0.1) is 0 Å². The number of urea groups is 1. The Morgan fingerprint density at radius 3 is 2.00 bits per heavy atom. The van der Waals surface area contributed by atoms with Crippen molar-refractivity contribution in [2.45, 2.75) is 77.0 Å². The average Bonchev–Trinajstić information content (AvgIpc) is 3.05. The van der Waals surface area contributed by atoms with Crippen LogP contribution in [0.5, 0.6) is 0 Å². The molecule has 5 amide bonds. The van der Waals surface area contributed by atoms with Crippen molar-refractivity contribution in [3.8, 4) is 0 Å². The van der Waals surface area contributed by atoms with Crippen LogP contribution >= 0.6 is 0 Å². The Morgan fingerprint density at radius 1 is 0.891 bits per heavy atom. The van der Waals surface area contributed by atoms with E-state index in [4.69, 9.17) is 4.74 Å². The molecule has 0 radical (unpaired) electrons. The molecule has 4 bridgehead atoms. The maximum absolute atomic E-state index is 14.6. The van der Waals surface area contributed by atoms with E-state index in [1.165, 1.54) is 24.2 Å². The number of para-hydroxylation sites is 3. The molecule has 5 aliphatic rings. The molecule has 0 spiro atoms. The molecule has 4 fully saturated rings. The molecule has 46 heavy (non-hydrogen) atoms. The van der Waals surface area contributed by atoms with Crippen molar-refractivity contribution in [2.24, 2.45) is 23.2 Å². The van der Waals surface area contributed by atoms with Crippen LogP contribution in [-0.4, -0.2) is 66.4 Å². The van der Waals surface area contributed by atoms with Gasteiger partial charge >= 0.3 is 12.1 Å². The van der Waals surface area contributed by atoms with Crippen LogP contribution in [-0.2, 0) is 14.3 Å². The first-order chi connectivity index (χ1) is 21.9. The lowest BCUT2D eigenvalue weighted by atomic mass is 9.49. The predicted octanol–water partition coefficient (Wildman–Crippen LogP) is 4.66. The van der Waals surface area contributed by atoms with E-state index in [-0.39, 0.29) is 12.0 Å². The van der Waals surface area contributed by atoms with E-state index in [0.29, 0.717) is 41.4 Å². The lowest BCUT2D eigenvalue weighted by Gasteiger charge is -2.57. The first-order valence-corrected chi connectivity index (χ1v) is 16.4. The molecule has 4 saturated carbocycles. The van der Waals surface area contributed by atoms with E-state index in [1.807, 2.05) is 18.2 Å². The summed E-state index contributed by atoms with van der Waals surface area (Å²) in [5.41, 5.74) is 0.751. The SMILES string of the molecule is CC(C)(C)OC(=O)N[C@H](CO)CN1C(=O)C(NC(=O)Nc2ccccc2)C(=O)N(CC23CC4CC(CC(C4)C2)C3)c2ccccc21. The van der Waals surface area contributed by atoms with Crippen molar-refractivity contribution in [2.75, 3.05) is 34.8 Å². The molecule has 7 rings (SSSR count). The van der Waals surface area contributed by atoms with Crippen LogP contribution in [0.25, 0.3) is 0 Å². The van der Waals surface area contributed by atoms with Gasteiger partial charge in [0.1, 0.15) is 5.60 Å².